The Kier molecular flexibility index (Phi) is 5.37. The monoisotopic (exact) mass is 267 g/mol. The van der Waals surface area contributed by atoms with Gasteiger partial charge in [0.25, 0.3) is 0 Å². The number of nitrogens with zero attached hydrogens (tertiary/aromatic N) is 1. The third kappa shape index (κ3) is 2.76. The first-order valence-electron chi connectivity index (χ1n) is 7.30. The number of carbonyl (C=O) groups is 1. The van der Waals surface area contributed by atoms with Crippen molar-refractivity contribution in [1.29, 1.82) is 5.26 Å². The van der Waals surface area contributed by atoms with Gasteiger partial charge in [-0.3, -0.25) is 4.79 Å². The number of carboxylic acids is 1. The molecule has 3 atom stereocenters. The molecule has 0 spiro atoms. The Hall–Kier alpha value is -1.08. The highest BCUT2D eigenvalue weighted by Crippen LogP contribution is 2.51. The van der Waals surface area contributed by atoms with E-state index < -0.39 is 22.9 Å². The van der Waals surface area contributed by atoms with Gasteiger partial charge in [0.15, 0.2) is 0 Å². The van der Waals surface area contributed by atoms with Gasteiger partial charge in [-0.25, -0.2) is 0 Å². The lowest BCUT2D eigenvalue weighted by atomic mass is 9.56. The van der Waals surface area contributed by atoms with Gasteiger partial charge in [-0.15, -0.1) is 0 Å². The summed E-state index contributed by atoms with van der Waals surface area (Å²) in [6.45, 7) is 3.71. The molecular formula is C15H25NO3. The number of unbranched alkanes of at least 4 members (excludes halogenated alkanes) is 2. The molecular weight excluding hydrogens is 242 g/mol. The van der Waals surface area contributed by atoms with Crippen LogP contribution in [0.3, 0.4) is 0 Å². The second-order valence-electron chi connectivity index (χ2n) is 5.82. The summed E-state index contributed by atoms with van der Waals surface area (Å²) in [5.74, 6) is -1.68. The largest absolute Gasteiger partial charge is 0.481 e. The van der Waals surface area contributed by atoms with Crippen LogP contribution in [0.4, 0.5) is 0 Å². The van der Waals surface area contributed by atoms with E-state index in [9.17, 15) is 20.3 Å². The number of nitriles is 1. The molecule has 1 aliphatic carbocycles. The predicted molar refractivity (Wildman–Crippen MR) is 72.4 cm³/mol. The van der Waals surface area contributed by atoms with Crippen LogP contribution in [0.5, 0.6) is 0 Å². The first kappa shape index (κ1) is 16.0. The van der Waals surface area contributed by atoms with Crippen LogP contribution in [0, 0.1) is 22.7 Å². The number of aliphatic hydroxyl groups is 1. The van der Waals surface area contributed by atoms with Crippen LogP contribution in [0.2, 0.25) is 0 Å². The van der Waals surface area contributed by atoms with Crippen molar-refractivity contribution in [3.8, 4) is 6.07 Å². The van der Waals surface area contributed by atoms with Crippen LogP contribution in [0.15, 0.2) is 0 Å². The summed E-state index contributed by atoms with van der Waals surface area (Å²) in [6, 6.07) is 2.06. The highest BCUT2D eigenvalue weighted by Gasteiger charge is 2.59. The first-order chi connectivity index (χ1) is 8.94. The number of carboxylic acid groups (broad SMARTS) is 1. The molecule has 0 radical (unpaired) electrons. The molecule has 0 aliphatic heterocycles. The zero-order chi connectivity index (χ0) is 14.5. The predicted octanol–water partition coefficient (Wildman–Crippen LogP) is 3.10. The Labute approximate surface area is 115 Å². The van der Waals surface area contributed by atoms with Crippen molar-refractivity contribution in [2.24, 2.45) is 11.3 Å². The van der Waals surface area contributed by atoms with E-state index in [-0.39, 0.29) is 0 Å². The van der Waals surface area contributed by atoms with Gasteiger partial charge in [0.1, 0.15) is 5.41 Å². The van der Waals surface area contributed by atoms with Gasteiger partial charge in [0.2, 0.25) is 0 Å². The molecule has 0 aromatic carbocycles. The van der Waals surface area contributed by atoms with Gasteiger partial charge >= 0.3 is 5.97 Å². The maximum atomic E-state index is 11.8. The van der Waals surface area contributed by atoms with Crippen molar-refractivity contribution >= 4 is 5.97 Å². The van der Waals surface area contributed by atoms with Crippen LogP contribution >= 0.6 is 0 Å². The Morgan fingerprint density at radius 1 is 1.37 bits per heavy atom. The molecule has 3 unspecified atom stereocenters. The summed E-state index contributed by atoms with van der Waals surface area (Å²) in [7, 11) is 0. The summed E-state index contributed by atoms with van der Waals surface area (Å²) in [6.07, 6.45) is 5.83. The summed E-state index contributed by atoms with van der Waals surface area (Å²) in [5.41, 5.74) is -2.53. The molecule has 108 valence electrons. The molecule has 19 heavy (non-hydrogen) atoms. The summed E-state index contributed by atoms with van der Waals surface area (Å²) >= 11 is 0. The lowest BCUT2D eigenvalue weighted by Gasteiger charge is -2.49. The Bertz CT molecular complexity index is 363. The van der Waals surface area contributed by atoms with Crippen molar-refractivity contribution in [2.45, 2.75) is 70.8 Å². The molecule has 0 aromatic heterocycles. The van der Waals surface area contributed by atoms with E-state index in [2.05, 4.69) is 13.0 Å². The van der Waals surface area contributed by atoms with Crippen LogP contribution in [0.1, 0.15) is 65.2 Å². The SMILES string of the molecule is CCCCCC1(O)CCCCC1(C(=O)O)C(C)C#N. The zero-order valence-corrected chi connectivity index (χ0v) is 12.0. The number of rotatable bonds is 6. The molecule has 0 saturated heterocycles. The molecule has 0 bridgehead atoms. The minimum absolute atomic E-state index is 0.402. The van der Waals surface area contributed by atoms with E-state index in [1.165, 1.54) is 0 Å². The van der Waals surface area contributed by atoms with Crippen LogP contribution in [0.25, 0.3) is 0 Å². The quantitative estimate of drug-likeness (QED) is 0.724. The highest BCUT2D eigenvalue weighted by molar-refractivity contribution is 5.77. The van der Waals surface area contributed by atoms with Gasteiger partial charge in [-0.05, 0) is 26.2 Å². The van der Waals surface area contributed by atoms with E-state index in [0.717, 1.165) is 32.1 Å². The summed E-state index contributed by atoms with van der Waals surface area (Å²) < 4.78 is 0. The van der Waals surface area contributed by atoms with Crippen molar-refractivity contribution in [2.75, 3.05) is 0 Å². The van der Waals surface area contributed by atoms with E-state index >= 15 is 0 Å². The van der Waals surface area contributed by atoms with Gasteiger partial charge in [-0.2, -0.15) is 5.26 Å². The Morgan fingerprint density at radius 3 is 2.53 bits per heavy atom. The minimum atomic E-state index is -1.30. The van der Waals surface area contributed by atoms with Gasteiger partial charge < -0.3 is 10.2 Å². The lowest BCUT2D eigenvalue weighted by molar-refractivity contribution is -0.186. The fraction of sp³-hybridized carbons (Fsp3) is 0.867. The zero-order valence-electron chi connectivity index (χ0n) is 12.0. The highest BCUT2D eigenvalue weighted by atomic mass is 16.4. The molecule has 0 aromatic rings. The average molecular weight is 267 g/mol. The van der Waals surface area contributed by atoms with Crippen molar-refractivity contribution in [3.05, 3.63) is 0 Å². The van der Waals surface area contributed by atoms with Crippen molar-refractivity contribution < 1.29 is 15.0 Å². The summed E-state index contributed by atoms with van der Waals surface area (Å²) in [5, 5.41) is 29.8. The number of hydrogen-bond donors (Lipinski definition) is 2. The maximum absolute atomic E-state index is 11.8. The van der Waals surface area contributed by atoms with Crippen LogP contribution in [-0.2, 0) is 4.79 Å². The Morgan fingerprint density at radius 2 is 2.00 bits per heavy atom. The topological polar surface area (TPSA) is 81.3 Å². The second-order valence-corrected chi connectivity index (χ2v) is 5.82. The van der Waals surface area contributed by atoms with Crippen molar-refractivity contribution in [1.82, 2.24) is 0 Å². The molecule has 1 saturated carbocycles. The molecule has 2 N–H and O–H groups in total. The maximum Gasteiger partial charge on any atom is 0.313 e. The smallest absolute Gasteiger partial charge is 0.313 e. The summed E-state index contributed by atoms with van der Waals surface area (Å²) in [4.78, 5) is 11.8. The molecule has 4 heteroatoms. The van der Waals surface area contributed by atoms with Gasteiger partial charge in [-0.1, -0.05) is 39.0 Å². The third-order valence-electron chi connectivity index (χ3n) is 4.75. The number of aliphatic carboxylic acids is 1. The first-order valence-corrected chi connectivity index (χ1v) is 7.30. The Balaban J connectivity index is 3.08. The fourth-order valence-electron chi connectivity index (χ4n) is 3.51. The molecule has 0 amide bonds. The van der Waals surface area contributed by atoms with E-state index in [1.54, 1.807) is 6.92 Å². The van der Waals surface area contributed by atoms with Gasteiger partial charge in [0.05, 0.1) is 17.6 Å². The van der Waals surface area contributed by atoms with E-state index in [1.807, 2.05) is 0 Å². The van der Waals surface area contributed by atoms with Crippen molar-refractivity contribution in [3.63, 3.8) is 0 Å². The standard InChI is InChI=1S/C15H25NO3/c1-3-4-5-8-14(19)9-6-7-10-15(14,13(17)18)12(2)11-16/h12,19H,3-10H2,1-2H3,(H,17,18). The average Bonchev–Trinajstić information content (AvgIpc) is 2.38. The van der Waals surface area contributed by atoms with Crippen LogP contribution < -0.4 is 0 Å². The van der Waals surface area contributed by atoms with E-state index in [0.29, 0.717) is 19.3 Å². The van der Waals surface area contributed by atoms with Crippen LogP contribution in [-0.4, -0.2) is 21.8 Å². The fourth-order valence-corrected chi connectivity index (χ4v) is 3.51. The normalized spacial score (nSPS) is 32.5. The third-order valence-corrected chi connectivity index (χ3v) is 4.75. The molecule has 1 fully saturated rings. The molecule has 0 heterocycles. The second kappa shape index (κ2) is 6.38. The number of hydrogen-bond acceptors (Lipinski definition) is 3. The molecule has 4 nitrogen and oxygen atoms in total. The lowest BCUT2D eigenvalue weighted by Crippen LogP contribution is -2.58. The minimum Gasteiger partial charge on any atom is -0.481 e. The van der Waals surface area contributed by atoms with Gasteiger partial charge in [0, 0.05) is 0 Å². The molecule has 1 rings (SSSR count). The molecule has 1 aliphatic rings. The van der Waals surface area contributed by atoms with E-state index in [4.69, 9.17) is 0 Å².